The summed E-state index contributed by atoms with van der Waals surface area (Å²) in [4.78, 5) is 2.24. The van der Waals surface area contributed by atoms with Gasteiger partial charge in [-0.2, -0.15) is 15.8 Å². The molecule has 2 N–H and O–H groups in total. The van der Waals surface area contributed by atoms with Gasteiger partial charge in [-0.3, -0.25) is 4.90 Å². The molecule has 2 aliphatic rings. The van der Waals surface area contributed by atoms with Gasteiger partial charge in [0.05, 0.1) is 23.4 Å². The van der Waals surface area contributed by atoms with Crippen molar-refractivity contribution >= 4 is 0 Å². The fraction of sp³-hybridized carbons (Fsp3) is 0.533. The van der Waals surface area contributed by atoms with E-state index in [4.69, 9.17) is 5.73 Å². The smallest absolute Gasteiger partial charge is 0.187 e. The highest BCUT2D eigenvalue weighted by molar-refractivity contribution is 5.56. The molecule has 0 bridgehead atoms. The SMILES string of the molecule is CCN1CC=C2C(C#N)=C(N)C(C#N)(C#N)[C@H](C)[C@H]2C1. The third-order valence-electron chi connectivity index (χ3n) is 4.60. The monoisotopic (exact) mass is 267 g/mol. The first-order valence-electron chi connectivity index (χ1n) is 6.71. The van der Waals surface area contributed by atoms with Gasteiger partial charge < -0.3 is 5.73 Å². The summed E-state index contributed by atoms with van der Waals surface area (Å²) in [7, 11) is 0. The van der Waals surface area contributed by atoms with Crippen molar-refractivity contribution in [3.05, 3.63) is 22.9 Å². The predicted molar refractivity (Wildman–Crippen MR) is 73.3 cm³/mol. The summed E-state index contributed by atoms with van der Waals surface area (Å²) in [5.41, 5.74) is 5.96. The quantitative estimate of drug-likeness (QED) is 0.771. The second-order valence-electron chi connectivity index (χ2n) is 5.34. The molecule has 1 aliphatic heterocycles. The highest BCUT2D eigenvalue weighted by atomic mass is 15.1. The van der Waals surface area contributed by atoms with Crippen molar-refractivity contribution in [3.63, 3.8) is 0 Å². The third kappa shape index (κ3) is 1.70. The Morgan fingerprint density at radius 1 is 1.40 bits per heavy atom. The van der Waals surface area contributed by atoms with Crippen LogP contribution in [0.2, 0.25) is 0 Å². The maximum atomic E-state index is 9.48. The van der Waals surface area contributed by atoms with Crippen molar-refractivity contribution in [2.24, 2.45) is 23.0 Å². The molecule has 1 aliphatic carbocycles. The average Bonchev–Trinajstić information content (AvgIpc) is 2.49. The largest absolute Gasteiger partial charge is 0.399 e. The Kier molecular flexibility index (Phi) is 3.53. The van der Waals surface area contributed by atoms with Crippen LogP contribution in [0.15, 0.2) is 22.9 Å². The van der Waals surface area contributed by atoms with E-state index in [0.717, 1.165) is 25.2 Å². The molecular formula is C15H17N5. The van der Waals surface area contributed by atoms with Crippen LogP contribution in [0.1, 0.15) is 13.8 Å². The lowest BCUT2D eigenvalue weighted by Gasteiger charge is -2.43. The van der Waals surface area contributed by atoms with Gasteiger partial charge in [0.25, 0.3) is 0 Å². The van der Waals surface area contributed by atoms with Crippen LogP contribution in [-0.2, 0) is 0 Å². The Morgan fingerprint density at radius 3 is 2.55 bits per heavy atom. The molecule has 5 nitrogen and oxygen atoms in total. The molecule has 2 atom stereocenters. The lowest BCUT2D eigenvalue weighted by molar-refractivity contribution is 0.184. The molecule has 20 heavy (non-hydrogen) atoms. The Labute approximate surface area is 119 Å². The van der Waals surface area contributed by atoms with Crippen molar-refractivity contribution in [2.75, 3.05) is 19.6 Å². The van der Waals surface area contributed by atoms with Gasteiger partial charge >= 0.3 is 0 Å². The number of nitriles is 3. The molecule has 2 rings (SSSR count). The van der Waals surface area contributed by atoms with Crippen molar-refractivity contribution in [3.8, 4) is 18.2 Å². The van der Waals surface area contributed by atoms with Crippen LogP contribution in [0, 0.1) is 51.2 Å². The van der Waals surface area contributed by atoms with Gasteiger partial charge in [0.2, 0.25) is 0 Å². The summed E-state index contributed by atoms with van der Waals surface area (Å²) in [5.74, 6) is -0.222. The lowest BCUT2D eigenvalue weighted by Crippen LogP contribution is -2.48. The Hall–Kier alpha value is -2.29. The molecule has 0 spiro atoms. The van der Waals surface area contributed by atoms with Crippen molar-refractivity contribution in [1.82, 2.24) is 4.90 Å². The zero-order valence-electron chi connectivity index (χ0n) is 11.7. The van der Waals surface area contributed by atoms with Crippen LogP contribution in [0.4, 0.5) is 0 Å². The van der Waals surface area contributed by atoms with Crippen LogP contribution < -0.4 is 5.73 Å². The Bertz CT molecular complexity index is 594. The average molecular weight is 267 g/mol. The summed E-state index contributed by atoms with van der Waals surface area (Å²) >= 11 is 0. The standard InChI is InChI=1S/C15H17N5/c1-3-20-5-4-11-12(6-16)14(19)15(8-17,9-18)10(2)13(11)7-20/h4,10,13H,3,5,7,19H2,1-2H3/t10-,13-/m1/s1. The second-order valence-corrected chi connectivity index (χ2v) is 5.34. The molecule has 5 heteroatoms. The van der Waals surface area contributed by atoms with Crippen molar-refractivity contribution < 1.29 is 0 Å². The fourth-order valence-corrected chi connectivity index (χ4v) is 3.18. The number of fused-ring (bicyclic) bond motifs is 1. The van der Waals surface area contributed by atoms with Crippen LogP contribution in [0.25, 0.3) is 0 Å². The lowest BCUT2D eigenvalue weighted by atomic mass is 9.61. The van der Waals surface area contributed by atoms with E-state index in [-0.39, 0.29) is 17.5 Å². The van der Waals surface area contributed by atoms with Gasteiger partial charge in [-0.15, -0.1) is 0 Å². The van der Waals surface area contributed by atoms with E-state index < -0.39 is 5.41 Å². The molecule has 0 fully saturated rings. The van der Waals surface area contributed by atoms with Gasteiger partial charge in [-0.05, 0) is 12.1 Å². The third-order valence-corrected chi connectivity index (χ3v) is 4.60. The van der Waals surface area contributed by atoms with Gasteiger partial charge in [0.1, 0.15) is 6.07 Å². The van der Waals surface area contributed by atoms with Gasteiger partial charge in [-0.25, -0.2) is 0 Å². The van der Waals surface area contributed by atoms with E-state index in [1.54, 1.807) is 0 Å². The first kappa shape index (κ1) is 14.1. The number of allylic oxidation sites excluding steroid dienone is 2. The minimum atomic E-state index is -1.40. The molecule has 0 radical (unpaired) electrons. The molecule has 0 aromatic heterocycles. The molecule has 0 saturated heterocycles. The molecule has 0 aromatic carbocycles. The molecule has 0 saturated carbocycles. The summed E-state index contributed by atoms with van der Waals surface area (Å²) in [6.45, 7) is 6.39. The minimum Gasteiger partial charge on any atom is -0.399 e. The molecule has 0 aromatic rings. The van der Waals surface area contributed by atoms with E-state index in [1.165, 1.54) is 0 Å². The van der Waals surface area contributed by atoms with Gasteiger partial charge in [-0.1, -0.05) is 19.9 Å². The summed E-state index contributed by atoms with van der Waals surface area (Å²) in [6, 6.07) is 6.21. The molecule has 0 amide bonds. The first-order valence-corrected chi connectivity index (χ1v) is 6.71. The van der Waals surface area contributed by atoms with Gasteiger partial charge in [0.15, 0.2) is 5.41 Å². The first-order chi connectivity index (χ1) is 9.55. The molecule has 102 valence electrons. The summed E-state index contributed by atoms with van der Waals surface area (Å²) in [6.07, 6.45) is 2.01. The Morgan fingerprint density at radius 2 is 2.05 bits per heavy atom. The highest BCUT2D eigenvalue weighted by Gasteiger charge is 2.51. The minimum absolute atomic E-state index is 0.00458. The normalized spacial score (nSPS) is 28.6. The van der Waals surface area contributed by atoms with Crippen LogP contribution in [0.5, 0.6) is 0 Å². The van der Waals surface area contributed by atoms with Gasteiger partial charge in [0, 0.05) is 24.9 Å². The number of likely N-dealkylation sites (N-methyl/N-ethyl adjacent to an activating group) is 1. The van der Waals surface area contributed by atoms with E-state index in [1.807, 2.05) is 13.0 Å². The molecular weight excluding hydrogens is 250 g/mol. The zero-order valence-corrected chi connectivity index (χ0v) is 11.7. The fourth-order valence-electron chi connectivity index (χ4n) is 3.18. The number of nitrogens with zero attached hydrogens (tertiary/aromatic N) is 4. The number of hydrogen-bond acceptors (Lipinski definition) is 5. The molecule has 0 unspecified atom stereocenters. The van der Waals surface area contributed by atoms with Crippen LogP contribution in [-0.4, -0.2) is 24.5 Å². The topological polar surface area (TPSA) is 101 Å². The number of rotatable bonds is 1. The van der Waals surface area contributed by atoms with E-state index in [0.29, 0.717) is 5.57 Å². The number of nitrogens with two attached hydrogens (primary N) is 1. The summed E-state index contributed by atoms with van der Waals surface area (Å²) < 4.78 is 0. The zero-order chi connectivity index (χ0) is 14.9. The van der Waals surface area contributed by atoms with Crippen molar-refractivity contribution in [1.29, 1.82) is 15.8 Å². The predicted octanol–water partition coefficient (Wildman–Crippen LogP) is 1.28. The Balaban J connectivity index is 2.65. The second kappa shape index (κ2) is 5.00. The van der Waals surface area contributed by atoms with E-state index >= 15 is 0 Å². The van der Waals surface area contributed by atoms with Crippen LogP contribution >= 0.6 is 0 Å². The number of hydrogen-bond donors (Lipinski definition) is 1. The maximum Gasteiger partial charge on any atom is 0.187 e. The van der Waals surface area contributed by atoms with E-state index in [2.05, 4.69) is 30.0 Å². The van der Waals surface area contributed by atoms with Crippen molar-refractivity contribution in [2.45, 2.75) is 13.8 Å². The summed E-state index contributed by atoms with van der Waals surface area (Å²) in [5, 5.41) is 28.3. The maximum absolute atomic E-state index is 9.48. The molecule has 1 heterocycles. The highest BCUT2D eigenvalue weighted by Crippen LogP contribution is 2.48. The van der Waals surface area contributed by atoms with E-state index in [9.17, 15) is 15.8 Å². The van der Waals surface area contributed by atoms with Crippen LogP contribution in [0.3, 0.4) is 0 Å².